The van der Waals surface area contributed by atoms with Gasteiger partial charge in [-0.1, -0.05) is 29.8 Å². The molecule has 0 amide bonds. The maximum Gasteiger partial charge on any atom is 0.308 e. The van der Waals surface area contributed by atoms with Crippen molar-refractivity contribution in [2.75, 3.05) is 20.8 Å². The minimum Gasteiger partial charge on any atom is -0.493 e. The molecule has 1 aliphatic heterocycles. The summed E-state index contributed by atoms with van der Waals surface area (Å²) in [5.41, 5.74) is 3.70. The number of esters is 1. The Morgan fingerprint density at radius 3 is 2.68 bits per heavy atom. The summed E-state index contributed by atoms with van der Waals surface area (Å²) in [6, 6.07) is 13.5. The van der Waals surface area contributed by atoms with Gasteiger partial charge in [-0.05, 0) is 47.7 Å². The van der Waals surface area contributed by atoms with Crippen LogP contribution in [0.15, 0.2) is 47.8 Å². The third kappa shape index (κ3) is 4.15. The number of hydrogen-bond donors (Lipinski definition) is 0. The number of methoxy groups -OCH3 is 2. The van der Waals surface area contributed by atoms with Gasteiger partial charge in [-0.3, -0.25) is 4.79 Å². The van der Waals surface area contributed by atoms with E-state index in [1.165, 1.54) is 0 Å². The van der Waals surface area contributed by atoms with Crippen LogP contribution in [-0.4, -0.2) is 26.8 Å². The fourth-order valence-corrected chi connectivity index (χ4v) is 5.13. The molecule has 0 radical (unpaired) electrons. The second-order valence-corrected chi connectivity index (χ2v) is 8.39. The Labute approximate surface area is 190 Å². The Morgan fingerprint density at radius 2 is 1.94 bits per heavy atom. The van der Waals surface area contributed by atoms with Crippen molar-refractivity contribution in [3.63, 3.8) is 0 Å². The number of rotatable bonds is 6. The maximum atomic E-state index is 12.4. The molecule has 2 atom stereocenters. The first kappa shape index (κ1) is 21.7. The molecule has 1 aliphatic rings. The van der Waals surface area contributed by atoms with Gasteiger partial charge in [0.05, 0.1) is 33.4 Å². The molecule has 7 heteroatoms. The lowest BCUT2D eigenvalue weighted by atomic mass is 9.95. The average Bonchev–Trinajstić information content (AvgIpc) is 3.21. The zero-order valence-electron chi connectivity index (χ0n) is 17.5. The summed E-state index contributed by atoms with van der Waals surface area (Å²) in [7, 11) is 3.20. The molecular formula is C24H23ClO5S. The summed E-state index contributed by atoms with van der Waals surface area (Å²) < 4.78 is 23.0. The number of carbonyl (C=O) groups excluding carboxylic acids is 1. The van der Waals surface area contributed by atoms with Crippen LogP contribution < -0.4 is 9.47 Å². The summed E-state index contributed by atoms with van der Waals surface area (Å²) >= 11 is 8.01. The summed E-state index contributed by atoms with van der Waals surface area (Å²) in [5.74, 6) is 0.888. The first-order valence-corrected chi connectivity index (χ1v) is 11.2. The average molecular weight is 459 g/mol. The Kier molecular flexibility index (Phi) is 6.51. The molecule has 3 aromatic rings. The van der Waals surface area contributed by atoms with E-state index in [0.29, 0.717) is 23.1 Å². The van der Waals surface area contributed by atoms with Crippen LogP contribution in [0.4, 0.5) is 0 Å². The van der Waals surface area contributed by atoms with Crippen molar-refractivity contribution in [2.45, 2.75) is 25.6 Å². The van der Waals surface area contributed by atoms with E-state index >= 15 is 0 Å². The highest BCUT2D eigenvalue weighted by Crippen LogP contribution is 2.50. The molecule has 0 saturated carbocycles. The molecule has 0 fully saturated rings. The van der Waals surface area contributed by atoms with Crippen LogP contribution in [0.1, 0.15) is 42.2 Å². The summed E-state index contributed by atoms with van der Waals surface area (Å²) in [4.78, 5) is 13.4. The Hall–Kier alpha value is -2.54. The summed E-state index contributed by atoms with van der Waals surface area (Å²) in [6.45, 7) is 2.12. The molecule has 31 heavy (non-hydrogen) atoms. The van der Waals surface area contributed by atoms with Gasteiger partial charge in [0.2, 0.25) is 0 Å². The molecule has 0 N–H and O–H groups in total. The molecule has 2 aromatic carbocycles. The second kappa shape index (κ2) is 9.30. The molecule has 1 aromatic heterocycles. The maximum absolute atomic E-state index is 12.4. The van der Waals surface area contributed by atoms with Gasteiger partial charge in [-0.25, -0.2) is 0 Å². The van der Waals surface area contributed by atoms with Gasteiger partial charge in [0.25, 0.3) is 0 Å². The van der Waals surface area contributed by atoms with Crippen LogP contribution in [-0.2, 0) is 14.3 Å². The van der Waals surface area contributed by atoms with Gasteiger partial charge < -0.3 is 18.9 Å². The van der Waals surface area contributed by atoms with Crippen LogP contribution in [0.5, 0.6) is 11.5 Å². The van der Waals surface area contributed by atoms with Gasteiger partial charge in [0.15, 0.2) is 11.5 Å². The molecule has 0 saturated heterocycles. The normalized spacial score (nSPS) is 17.3. The fraction of sp³-hybridized carbons (Fsp3) is 0.292. The van der Waals surface area contributed by atoms with Crippen molar-refractivity contribution in [1.29, 1.82) is 0 Å². The molecule has 0 aliphatic carbocycles. The SMILES string of the molecule is CCOC(=O)CC1OC(c2cccc(OC)c2OC)c2cc(Cl)ccc2-c2sccc21. The highest BCUT2D eigenvalue weighted by atomic mass is 35.5. The predicted molar refractivity (Wildman–Crippen MR) is 121 cm³/mol. The van der Waals surface area contributed by atoms with E-state index in [1.54, 1.807) is 32.5 Å². The van der Waals surface area contributed by atoms with E-state index in [-0.39, 0.29) is 12.4 Å². The molecule has 2 heterocycles. The lowest BCUT2D eigenvalue weighted by molar-refractivity contribution is -0.147. The van der Waals surface area contributed by atoms with Gasteiger partial charge in [0.1, 0.15) is 6.10 Å². The zero-order valence-corrected chi connectivity index (χ0v) is 19.1. The van der Waals surface area contributed by atoms with Crippen molar-refractivity contribution >= 4 is 28.9 Å². The number of para-hydroxylation sites is 1. The number of fused-ring (bicyclic) bond motifs is 3. The lowest BCUT2D eigenvalue weighted by Crippen LogP contribution is -2.16. The topological polar surface area (TPSA) is 54.0 Å². The van der Waals surface area contributed by atoms with Gasteiger partial charge in [0, 0.05) is 21.0 Å². The molecule has 162 valence electrons. The Balaban J connectivity index is 1.90. The predicted octanol–water partition coefficient (Wildman–Crippen LogP) is 6.20. The summed E-state index contributed by atoms with van der Waals surface area (Å²) in [6.07, 6.45) is -0.882. The smallest absolute Gasteiger partial charge is 0.308 e. The third-order valence-corrected chi connectivity index (χ3v) is 6.46. The highest BCUT2D eigenvalue weighted by Gasteiger charge is 2.34. The first-order valence-electron chi connectivity index (χ1n) is 9.96. The molecular weight excluding hydrogens is 436 g/mol. The fourth-order valence-electron chi connectivity index (χ4n) is 3.95. The Morgan fingerprint density at radius 1 is 1.10 bits per heavy atom. The molecule has 2 unspecified atom stereocenters. The van der Waals surface area contributed by atoms with Crippen LogP contribution in [0, 0.1) is 0 Å². The van der Waals surface area contributed by atoms with Crippen LogP contribution in [0.3, 0.4) is 0 Å². The third-order valence-electron chi connectivity index (χ3n) is 5.26. The number of thiophene rings is 1. The van der Waals surface area contributed by atoms with Crippen molar-refractivity contribution in [2.24, 2.45) is 0 Å². The van der Waals surface area contributed by atoms with E-state index in [9.17, 15) is 4.79 Å². The van der Waals surface area contributed by atoms with Gasteiger partial charge in [-0.2, -0.15) is 0 Å². The molecule has 0 bridgehead atoms. The largest absolute Gasteiger partial charge is 0.493 e. The molecule has 4 rings (SSSR count). The van der Waals surface area contributed by atoms with Crippen molar-refractivity contribution < 1.29 is 23.7 Å². The van der Waals surface area contributed by atoms with E-state index in [0.717, 1.165) is 27.1 Å². The van der Waals surface area contributed by atoms with E-state index in [4.69, 9.17) is 30.5 Å². The van der Waals surface area contributed by atoms with Gasteiger partial charge >= 0.3 is 5.97 Å². The number of halogens is 1. The molecule has 5 nitrogen and oxygen atoms in total. The first-order chi connectivity index (χ1) is 15.1. The monoisotopic (exact) mass is 458 g/mol. The minimum absolute atomic E-state index is 0.113. The standard InChI is InChI=1S/C24H23ClO5S/c1-4-29-21(26)13-20-16-10-11-31-24(16)15-9-8-14(25)12-18(15)22(30-20)17-6-5-7-19(27-2)23(17)28-3/h5-12,20,22H,4,13H2,1-3H3. The quantitative estimate of drug-likeness (QED) is 0.411. The number of carbonyl (C=O) groups is 1. The van der Waals surface area contributed by atoms with Crippen LogP contribution >= 0.6 is 22.9 Å². The van der Waals surface area contributed by atoms with E-state index in [1.807, 2.05) is 47.8 Å². The number of benzene rings is 2. The summed E-state index contributed by atoms with van der Waals surface area (Å²) in [5, 5.41) is 2.62. The highest BCUT2D eigenvalue weighted by molar-refractivity contribution is 7.13. The number of ether oxygens (including phenoxy) is 4. The minimum atomic E-state index is -0.516. The number of hydrogen-bond acceptors (Lipinski definition) is 6. The molecule has 0 spiro atoms. The van der Waals surface area contributed by atoms with E-state index in [2.05, 4.69) is 0 Å². The van der Waals surface area contributed by atoms with E-state index < -0.39 is 12.2 Å². The van der Waals surface area contributed by atoms with Crippen LogP contribution in [0.25, 0.3) is 10.4 Å². The van der Waals surface area contributed by atoms with Crippen molar-refractivity contribution in [3.8, 4) is 21.9 Å². The zero-order chi connectivity index (χ0) is 22.0. The van der Waals surface area contributed by atoms with Crippen molar-refractivity contribution in [1.82, 2.24) is 0 Å². The Bertz CT molecular complexity index is 1090. The second-order valence-electron chi connectivity index (χ2n) is 7.03. The van der Waals surface area contributed by atoms with Crippen molar-refractivity contribution in [3.05, 3.63) is 69.6 Å². The van der Waals surface area contributed by atoms with Gasteiger partial charge in [-0.15, -0.1) is 11.3 Å². The lowest BCUT2D eigenvalue weighted by Gasteiger charge is -2.25. The van der Waals surface area contributed by atoms with Crippen LogP contribution in [0.2, 0.25) is 5.02 Å².